The Hall–Kier alpha value is -0.603. The van der Waals surface area contributed by atoms with Crippen LogP contribution in [0.25, 0.3) is 0 Å². The summed E-state index contributed by atoms with van der Waals surface area (Å²) in [5.74, 6) is 3.39. The highest BCUT2D eigenvalue weighted by atomic mass is 28.4. The van der Waals surface area contributed by atoms with E-state index >= 15 is 0 Å². The van der Waals surface area contributed by atoms with Crippen molar-refractivity contribution >= 4 is 8.32 Å². The highest BCUT2D eigenvalue weighted by Crippen LogP contribution is 2.66. The van der Waals surface area contributed by atoms with Gasteiger partial charge in [0.15, 0.2) is 0 Å². The molecule has 1 nitrogen and oxygen atoms in total. The summed E-state index contributed by atoms with van der Waals surface area (Å²) in [6, 6.07) is 9.29. The molecule has 25 heavy (non-hydrogen) atoms. The van der Waals surface area contributed by atoms with Crippen LogP contribution < -0.4 is 0 Å². The maximum absolute atomic E-state index is 7.42. The summed E-state index contributed by atoms with van der Waals surface area (Å²) >= 11 is 0. The van der Waals surface area contributed by atoms with Gasteiger partial charge in [0.05, 0.1) is 6.10 Å². The van der Waals surface area contributed by atoms with E-state index in [0.29, 0.717) is 22.7 Å². The molecule has 0 N–H and O–H groups in total. The molecule has 0 saturated heterocycles. The molecular formula is C23H36OSi. The van der Waals surface area contributed by atoms with Gasteiger partial charge in [-0.3, -0.25) is 0 Å². The Labute approximate surface area is 155 Å². The molecule has 5 atom stereocenters. The summed E-state index contributed by atoms with van der Waals surface area (Å²) in [7, 11) is -1.85. The Morgan fingerprint density at radius 3 is 2.00 bits per heavy atom. The predicted octanol–water partition coefficient (Wildman–Crippen LogP) is 7.06. The molecule has 0 radical (unpaired) electrons. The minimum Gasteiger partial charge on any atom is -0.409 e. The molecule has 2 heteroatoms. The van der Waals surface area contributed by atoms with Gasteiger partial charge in [-0.25, -0.2) is 0 Å². The van der Waals surface area contributed by atoms with Crippen LogP contribution in [0, 0.1) is 17.8 Å². The zero-order valence-electron chi connectivity index (χ0n) is 17.0. The molecule has 2 unspecified atom stereocenters. The van der Waals surface area contributed by atoms with E-state index in [2.05, 4.69) is 65.8 Å². The smallest absolute Gasteiger partial charge is 0.201 e. The number of rotatable bonds is 5. The Morgan fingerprint density at radius 2 is 1.40 bits per heavy atom. The van der Waals surface area contributed by atoms with Crippen molar-refractivity contribution in [3.05, 3.63) is 35.4 Å². The molecule has 0 aliphatic heterocycles. The van der Waals surface area contributed by atoms with Crippen molar-refractivity contribution < 1.29 is 4.43 Å². The van der Waals surface area contributed by atoms with Crippen LogP contribution in [-0.4, -0.2) is 8.32 Å². The maximum atomic E-state index is 7.42. The SMILES string of the molecule is CC(C)[Si](O[C@@H]1c2ccccc2C2C1[C@@H]1CC[C@H]2C1)(C(C)C)C(C)C. The molecule has 1 aromatic rings. The molecule has 138 valence electrons. The van der Waals surface area contributed by atoms with E-state index in [-0.39, 0.29) is 0 Å². The van der Waals surface area contributed by atoms with Crippen molar-refractivity contribution in [2.24, 2.45) is 17.8 Å². The lowest BCUT2D eigenvalue weighted by atomic mass is 9.79. The monoisotopic (exact) mass is 356 g/mol. The largest absolute Gasteiger partial charge is 0.409 e. The summed E-state index contributed by atoms with van der Waals surface area (Å²) in [5.41, 5.74) is 5.18. The second-order valence-electron chi connectivity index (χ2n) is 9.92. The molecule has 2 bridgehead atoms. The quantitative estimate of drug-likeness (QED) is 0.513. The standard InChI is InChI=1S/C23H36OSi/c1-14(2)25(15(3)4,16(5)6)24-23-20-10-8-7-9-19(20)21-17-11-12-18(13-17)22(21)23/h7-10,14-18,21-23H,11-13H2,1-6H3/t17-,18+,21?,22?,23+/m0/s1. The molecule has 0 heterocycles. The van der Waals surface area contributed by atoms with E-state index in [1.54, 1.807) is 11.1 Å². The summed E-state index contributed by atoms with van der Waals surface area (Å²) in [5, 5.41) is 0. The lowest BCUT2D eigenvalue weighted by Crippen LogP contribution is -2.49. The van der Waals surface area contributed by atoms with E-state index in [9.17, 15) is 0 Å². The molecule has 4 rings (SSSR count). The summed E-state index contributed by atoms with van der Waals surface area (Å²) in [6.07, 6.45) is 4.73. The van der Waals surface area contributed by atoms with Gasteiger partial charge in [-0.1, -0.05) is 65.8 Å². The zero-order valence-corrected chi connectivity index (χ0v) is 18.0. The first kappa shape index (κ1) is 17.8. The van der Waals surface area contributed by atoms with E-state index in [0.717, 1.165) is 23.7 Å². The highest BCUT2D eigenvalue weighted by molar-refractivity contribution is 6.77. The molecule has 0 amide bonds. The number of hydrogen-bond donors (Lipinski definition) is 0. The molecular weight excluding hydrogens is 320 g/mol. The van der Waals surface area contributed by atoms with Crippen molar-refractivity contribution in [1.29, 1.82) is 0 Å². The average molecular weight is 357 g/mol. The van der Waals surface area contributed by atoms with E-state index in [4.69, 9.17) is 4.43 Å². The number of fused-ring (bicyclic) bond motifs is 7. The van der Waals surface area contributed by atoms with Gasteiger partial charge < -0.3 is 4.43 Å². The minimum atomic E-state index is -1.85. The Kier molecular flexibility index (Phi) is 4.44. The van der Waals surface area contributed by atoms with Crippen molar-refractivity contribution in [2.75, 3.05) is 0 Å². The van der Waals surface area contributed by atoms with Crippen molar-refractivity contribution in [2.45, 2.75) is 89.5 Å². The van der Waals surface area contributed by atoms with Gasteiger partial charge in [0, 0.05) is 0 Å². The van der Waals surface area contributed by atoms with Crippen LogP contribution in [-0.2, 0) is 4.43 Å². The molecule has 0 spiro atoms. The molecule has 1 aromatic carbocycles. The Balaban J connectivity index is 1.76. The topological polar surface area (TPSA) is 9.23 Å². The Morgan fingerprint density at radius 1 is 0.840 bits per heavy atom. The molecule has 3 aliphatic rings. The van der Waals surface area contributed by atoms with Gasteiger partial charge in [0.1, 0.15) is 0 Å². The number of hydrogen-bond acceptors (Lipinski definition) is 1. The lowest BCUT2D eigenvalue weighted by Gasteiger charge is -2.46. The van der Waals surface area contributed by atoms with E-state index in [1.807, 2.05) is 0 Å². The minimum absolute atomic E-state index is 0.371. The van der Waals surface area contributed by atoms with Crippen LogP contribution in [0.4, 0.5) is 0 Å². The van der Waals surface area contributed by atoms with Crippen LogP contribution in [0.15, 0.2) is 24.3 Å². The predicted molar refractivity (Wildman–Crippen MR) is 108 cm³/mol. The first-order valence-corrected chi connectivity index (χ1v) is 12.8. The van der Waals surface area contributed by atoms with Gasteiger partial charge in [-0.15, -0.1) is 0 Å². The van der Waals surface area contributed by atoms with Crippen molar-refractivity contribution in [3.8, 4) is 0 Å². The van der Waals surface area contributed by atoms with Gasteiger partial charge in [0.2, 0.25) is 8.32 Å². The third-order valence-corrected chi connectivity index (χ3v) is 14.1. The molecule has 0 aromatic heterocycles. The fraction of sp³-hybridized carbons (Fsp3) is 0.739. The number of benzene rings is 1. The summed E-state index contributed by atoms with van der Waals surface area (Å²) < 4.78 is 7.42. The molecule has 3 aliphatic carbocycles. The van der Waals surface area contributed by atoms with Gasteiger partial charge >= 0.3 is 0 Å². The van der Waals surface area contributed by atoms with Crippen LogP contribution in [0.5, 0.6) is 0 Å². The third kappa shape index (κ3) is 2.43. The first-order chi connectivity index (χ1) is 11.9. The van der Waals surface area contributed by atoms with E-state index < -0.39 is 8.32 Å². The van der Waals surface area contributed by atoms with Gasteiger partial charge in [0.25, 0.3) is 0 Å². The molecule has 2 saturated carbocycles. The van der Waals surface area contributed by atoms with Crippen molar-refractivity contribution in [3.63, 3.8) is 0 Å². The van der Waals surface area contributed by atoms with Gasteiger partial charge in [-0.2, -0.15) is 0 Å². The third-order valence-electron chi connectivity index (χ3n) is 8.03. The zero-order chi connectivity index (χ0) is 17.9. The maximum Gasteiger partial charge on any atom is 0.201 e. The second-order valence-corrected chi connectivity index (χ2v) is 15.3. The first-order valence-electron chi connectivity index (χ1n) is 10.6. The Bertz CT molecular complexity index is 613. The molecule has 2 fully saturated rings. The van der Waals surface area contributed by atoms with Crippen molar-refractivity contribution in [1.82, 2.24) is 0 Å². The van der Waals surface area contributed by atoms with Crippen LogP contribution in [0.2, 0.25) is 16.6 Å². The fourth-order valence-corrected chi connectivity index (χ4v) is 12.8. The fourth-order valence-electron chi connectivity index (χ4n) is 7.28. The van der Waals surface area contributed by atoms with Crippen LogP contribution in [0.3, 0.4) is 0 Å². The average Bonchev–Trinajstić information content (AvgIpc) is 3.23. The summed E-state index contributed by atoms with van der Waals surface area (Å²) in [6.45, 7) is 14.5. The van der Waals surface area contributed by atoms with Crippen LogP contribution in [0.1, 0.15) is 84.0 Å². The second kappa shape index (κ2) is 6.23. The van der Waals surface area contributed by atoms with Crippen LogP contribution >= 0.6 is 0 Å². The normalized spacial score (nSPS) is 33.6. The lowest BCUT2D eigenvalue weighted by molar-refractivity contribution is 0.0848. The van der Waals surface area contributed by atoms with Gasteiger partial charge in [-0.05, 0) is 70.7 Å². The van der Waals surface area contributed by atoms with E-state index in [1.165, 1.54) is 19.3 Å². The highest BCUT2D eigenvalue weighted by Gasteiger charge is 2.58. The summed E-state index contributed by atoms with van der Waals surface area (Å²) in [4.78, 5) is 0.